The zero-order chi connectivity index (χ0) is 17.8. The van der Waals surface area contributed by atoms with E-state index in [9.17, 15) is 4.79 Å². The topological polar surface area (TPSA) is 42.0 Å². The highest BCUT2D eigenvalue weighted by molar-refractivity contribution is 5.84. The molecule has 3 rings (SSSR count). The van der Waals surface area contributed by atoms with E-state index >= 15 is 0 Å². The third-order valence-electron chi connectivity index (χ3n) is 4.56. The van der Waals surface area contributed by atoms with Gasteiger partial charge in [0.05, 0.1) is 26.4 Å². The first kappa shape index (κ1) is 17.7. The summed E-state index contributed by atoms with van der Waals surface area (Å²) in [4.78, 5) is 16.4. The lowest BCUT2D eigenvalue weighted by Crippen LogP contribution is -2.47. The van der Waals surface area contributed by atoms with Crippen molar-refractivity contribution in [1.29, 1.82) is 0 Å². The number of amides is 1. The number of benzene rings is 2. The number of rotatable bonds is 5. The van der Waals surface area contributed by atoms with E-state index in [2.05, 4.69) is 29.2 Å². The van der Waals surface area contributed by atoms with Gasteiger partial charge in [-0.15, -0.1) is 0 Å². The van der Waals surface area contributed by atoms with Crippen LogP contribution in [-0.4, -0.2) is 62.2 Å². The molecule has 0 aliphatic carbocycles. The molecule has 5 heteroatoms. The quantitative estimate of drug-likeness (QED) is 0.837. The van der Waals surface area contributed by atoms with Gasteiger partial charge < -0.3 is 14.4 Å². The van der Waals surface area contributed by atoms with E-state index in [1.165, 1.54) is 10.9 Å². The lowest BCUT2D eigenvalue weighted by atomic mass is 10.1. The van der Waals surface area contributed by atoms with E-state index in [0.29, 0.717) is 26.2 Å². The third kappa shape index (κ3) is 4.50. The van der Waals surface area contributed by atoms with Crippen LogP contribution in [0.15, 0.2) is 36.4 Å². The van der Waals surface area contributed by atoms with Gasteiger partial charge in [-0.25, -0.2) is 0 Å². The molecular weight excluding hydrogens is 316 g/mol. The lowest BCUT2D eigenvalue weighted by Gasteiger charge is -2.32. The molecule has 1 atom stereocenters. The van der Waals surface area contributed by atoms with Crippen LogP contribution in [0.2, 0.25) is 0 Å². The van der Waals surface area contributed by atoms with Crippen molar-refractivity contribution in [2.75, 3.05) is 40.4 Å². The molecule has 1 heterocycles. The van der Waals surface area contributed by atoms with E-state index in [1.54, 1.807) is 7.11 Å². The minimum Gasteiger partial charge on any atom is -0.497 e. The summed E-state index contributed by atoms with van der Waals surface area (Å²) in [5, 5.41) is 2.34. The lowest BCUT2D eigenvalue weighted by molar-refractivity contribution is -0.139. The SMILES string of the molecule is COc1ccc2cc(CN(C)CC(=O)N3CCO[C@H](C)C3)ccc2c1. The van der Waals surface area contributed by atoms with Crippen LogP contribution in [0.5, 0.6) is 5.75 Å². The molecule has 1 amide bonds. The molecule has 2 aromatic rings. The predicted molar refractivity (Wildman–Crippen MR) is 98.8 cm³/mol. The second-order valence-electron chi connectivity index (χ2n) is 6.74. The van der Waals surface area contributed by atoms with Crippen molar-refractivity contribution in [2.24, 2.45) is 0 Å². The fraction of sp³-hybridized carbons (Fsp3) is 0.450. The highest BCUT2D eigenvalue weighted by atomic mass is 16.5. The highest BCUT2D eigenvalue weighted by Gasteiger charge is 2.22. The molecule has 1 fully saturated rings. The number of hydrogen-bond acceptors (Lipinski definition) is 4. The van der Waals surface area contributed by atoms with Gasteiger partial charge in [0.15, 0.2) is 0 Å². The molecule has 2 aromatic carbocycles. The maximum Gasteiger partial charge on any atom is 0.236 e. The van der Waals surface area contributed by atoms with Gasteiger partial charge in [0.1, 0.15) is 5.75 Å². The molecule has 1 aliphatic rings. The molecule has 0 saturated carbocycles. The molecule has 1 saturated heterocycles. The van der Waals surface area contributed by atoms with Gasteiger partial charge in [0, 0.05) is 19.6 Å². The van der Waals surface area contributed by atoms with E-state index in [-0.39, 0.29) is 12.0 Å². The molecule has 134 valence electrons. The number of nitrogens with zero attached hydrogens (tertiary/aromatic N) is 2. The smallest absolute Gasteiger partial charge is 0.236 e. The minimum absolute atomic E-state index is 0.125. The standard InChI is InChI=1S/C20H26N2O3/c1-15-12-22(8-9-25-15)20(23)14-21(2)13-16-4-5-18-11-19(24-3)7-6-17(18)10-16/h4-7,10-11,15H,8-9,12-14H2,1-3H3/t15-/m1/s1. The van der Waals surface area contributed by atoms with Crippen LogP contribution in [-0.2, 0) is 16.1 Å². The average molecular weight is 342 g/mol. The molecule has 0 spiro atoms. The van der Waals surface area contributed by atoms with E-state index in [0.717, 1.165) is 17.7 Å². The van der Waals surface area contributed by atoms with E-state index < -0.39 is 0 Å². The minimum atomic E-state index is 0.125. The summed E-state index contributed by atoms with van der Waals surface area (Å²) in [6.07, 6.45) is 0.125. The zero-order valence-electron chi connectivity index (χ0n) is 15.2. The summed E-state index contributed by atoms with van der Waals surface area (Å²) in [7, 11) is 3.66. The Labute approximate surface area is 149 Å². The summed E-state index contributed by atoms with van der Waals surface area (Å²) in [5.74, 6) is 1.03. The molecule has 5 nitrogen and oxygen atoms in total. The molecule has 1 aliphatic heterocycles. The first-order valence-corrected chi connectivity index (χ1v) is 8.70. The van der Waals surface area contributed by atoms with Crippen LogP contribution >= 0.6 is 0 Å². The average Bonchev–Trinajstić information content (AvgIpc) is 2.61. The molecule has 0 radical (unpaired) electrons. The van der Waals surface area contributed by atoms with Crippen LogP contribution < -0.4 is 4.74 Å². The molecular formula is C20H26N2O3. The number of likely N-dealkylation sites (N-methyl/N-ethyl adjacent to an activating group) is 1. The Morgan fingerprint density at radius 2 is 2.04 bits per heavy atom. The molecule has 0 unspecified atom stereocenters. The Morgan fingerprint density at radius 3 is 2.80 bits per heavy atom. The number of hydrogen-bond donors (Lipinski definition) is 0. The fourth-order valence-corrected chi connectivity index (χ4v) is 3.24. The van der Waals surface area contributed by atoms with Gasteiger partial charge >= 0.3 is 0 Å². The van der Waals surface area contributed by atoms with E-state index in [4.69, 9.17) is 9.47 Å². The summed E-state index contributed by atoms with van der Waals surface area (Å²) < 4.78 is 10.8. The van der Waals surface area contributed by atoms with Crippen molar-refractivity contribution in [3.63, 3.8) is 0 Å². The second-order valence-corrected chi connectivity index (χ2v) is 6.74. The number of ether oxygens (including phenoxy) is 2. The van der Waals surface area contributed by atoms with Crippen molar-refractivity contribution in [3.05, 3.63) is 42.0 Å². The van der Waals surface area contributed by atoms with Crippen LogP contribution in [0.3, 0.4) is 0 Å². The Hall–Kier alpha value is -2.11. The number of carbonyl (C=O) groups is 1. The molecule has 0 N–H and O–H groups in total. The summed E-state index contributed by atoms with van der Waals surface area (Å²) in [6, 6.07) is 12.5. The van der Waals surface area contributed by atoms with Crippen molar-refractivity contribution in [1.82, 2.24) is 9.80 Å². The predicted octanol–water partition coefficient (Wildman–Crippen LogP) is 2.53. The largest absolute Gasteiger partial charge is 0.497 e. The Balaban J connectivity index is 1.61. The van der Waals surface area contributed by atoms with Crippen LogP contribution in [0.1, 0.15) is 12.5 Å². The number of carbonyl (C=O) groups excluding carboxylic acids is 1. The third-order valence-corrected chi connectivity index (χ3v) is 4.56. The van der Waals surface area contributed by atoms with Crippen molar-refractivity contribution < 1.29 is 14.3 Å². The maximum atomic E-state index is 12.4. The number of methoxy groups -OCH3 is 1. The summed E-state index contributed by atoms with van der Waals surface area (Å²) >= 11 is 0. The summed E-state index contributed by atoms with van der Waals surface area (Å²) in [5.41, 5.74) is 1.20. The van der Waals surface area contributed by atoms with Crippen LogP contribution in [0.4, 0.5) is 0 Å². The van der Waals surface area contributed by atoms with E-state index in [1.807, 2.05) is 31.0 Å². The molecule has 0 bridgehead atoms. The molecule has 25 heavy (non-hydrogen) atoms. The van der Waals surface area contributed by atoms with Crippen LogP contribution in [0.25, 0.3) is 10.8 Å². The second kappa shape index (κ2) is 7.85. The van der Waals surface area contributed by atoms with Gasteiger partial charge in [-0.2, -0.15) is 0 Å². The van der Waals surface area contributed by atoms with Gasteiger partial charge in [-0.3, -0.25) is 9.69 Å². The van der Waals surface area contributed by atoms with Crippen molar-refractivity contribution >= 4 is 16.7 Å². The Morgan fingerprint density at radius 1 is 1.28 bits per heavy atom. The molecule has 0 aromatic heterocycles. The van der Waals surface area contributed by atoms with Gasteiger partial charge in [-0.05, 0) is 48.5 Å². The monoisotopic (exact) mass is 342 g/mol. The van der Waals surface area contributed by atoms with Crippen molar-refractivity contribution in [3.8, 4) is 5.75 Å². The van der Waals surface area contributed by atoms with Crippen molar-refractivity contribution in [2.45, 2.75) is 19.6 Å². The van der Waals surface area contributed by atoms with Gasteiger partial charge in [0.25, 0.3) is 0 Å². The number of morpholine rings is 1. The van der Waals surface area contributed by atoms with Gasteiger partial charge in [-0.1, -0.05) is 18.2 Å². The Bertz CT molecular complexity index is 747. The number of fused-ring (bicyclic) bond motifs is 1. The first-order valence-electron chi connectivity index (χ1n) is 8.70. The zero-order valence-corrected chi connectivity index (χ0v) is 15.2. The fourth-order valence-electron chi connectivity index (χ4n) is 3.24. The van der Waals surface area contributed by atoms with Crippen LogP contribution in [0, 0.1) is 0 Å². The first-order chi connectivity index (χ1) is 12.0. The van der Waals surface area contributed by atoms with Gasteiger partial charge in [0.2, 0.25) is 5.91 Å². The summed E-state index contributed by atoms with van der Waals surface area (Å²) in [6.45, 7) is 5.18. The normalized spacial score (nSPS) is 17.9. The Kier molecular flexibility index (Phi) is 5.56. The highest BCUT2D eigenvalue weighted by Crippen LogP contribution is 2.22. The maximum absolute atomic E-state index is 12.4.